The third-order valence-electron chi connectivity index (χ3n) is 6.97. The molecule has 0 atom stereocenters. The minimum atomic E-state index is -3.80. The van der Waals surface area contributed by atoms with Gasteiger partial charge in [0.1, 0.15) is 23.7 Å². The lowest BCUT2D eigenvalue weighted by molar-refractivity contribution is 0.384. The van der Waals surface area contributed by atoms with E-state index >= 15 is 0 Å². The van der Waals surface area contributed by atoms with E-state index in [1.807, 2.05) is 59.2 Å². The lowest BCUT2D eigenvalue weighted by Crippen LogP contribution is -2.49. The van der Waals surface area contributed by atoms with Gasteiger partial charge in [0, 0.05) is 43.6 Å². The van der Waals surface area contributed by atoms with Crippen molar-refractivity contribution in [3.8, 4) is 22.6 Å². The quantitative estimate of drug-likeness (QED) is 0.308. The molecule has 2 aromatic heterocycles. The molecule has 8 nitrogen and oxygen atoms in total. The van der Waals surface area contributed by atoms with Crippen LogP contribution >= 0.6 is 0 Å². The summed E-state index contributed by atoms with van der Waals surface area (Å²) < 4.78 is 48.8. The lowest BCUT2D eigenvalue weighted by atomic mass is 10.1. The molecule has 198 valence electrons. The van der Waals surface area contributed by atoms with Gasteiger partial charge < -0.3 is 14.2 Å². The minimum Gasteiger partial charge on any atom is -0.497 e. The van der Waals surface area contributed by atoms with Gasteiger partial charge in [-0.2, -0.15) is 4.31 Å². The number of aromatic nitrogens is 3. The SMILES string of the molecule is COc1ccc(-n2cc(-c3ccccc3)c3c(N4CCN(S(=O)(=O)c5cccc(F)c5)CC4)ncnc32)cc1. The average molecular weight is 544 g/mol. The van der Waals surface area contributed by atoms with Gasteiger partial charge in [0.05, 0.1) is 17.4 Å². The van der Waals surface area contributed by atoms with E-state index in [1.54, 1.807) is 13.4 Å². The van der Waals surface area contributed by atoms with E-state index < -0.39 is 15.8 Å². The molecule has 0 spiro atoms. The van der Waals surface area contributed by atoms with Gasteiger partial charge in [-0.05, 0) is 48.0 Å². The summed E-state index contributed by atoms with van der Waals surface area (Å²) in [7, 11) is -2.17. The first kappa shape index (κ1) is 25.0. The van der Waals surface area contributed by atoms with Crippen LogP contribution in [0.1, 0.15) is 0 Å². The molecule has 1 aliphatic rings. The van der Waals surface area contributed by atoms with Crippen LogP contribution in [0.15, 0.2) is 96.3 Å². The van der Waals surface area contributed by atoms with Gasteiger partial charge in [0.15, 0.2) is 5.65 Å². The lowest BCUT2D eigenvalue weighted by Gasteiger charge is -2.35. The van der Waals surface area contributed by atoms with E-state index in [9.17, 15) is 12.8 Å². The first-order valence-electron chi connectivity index (χ1n) is 12.5. The number of benzene rings is 3. The van der Waals surface area contributed by atoms with Crippen molar-refractivity contribution in [3.05, 3.63) is 97.2 Å². The van der Waals surface area contributed by atoms with Crippen molar-refractivity contribution in [1.82, 2.24) is 18.8 Å². The van der Waals surface area contributed by atoms with Crippen LogP contribution in [0.25, 0.3) is 27.8 Å². The molecule has 1 fully saturated rings. The number of fused-ring (bicyclic) bond motifs is 1. The van der Waals surface area contributed by atoms with E-state index in [-0.39, 0.29) is 18.0 Å². The Morgan fingerprint density at radius 1 is 0.872 bits per heavy atom. The highest BCUT2D eigenvalue weighted by Gasteiger charge is 2.30. The molecule has 0 saturated carbocycles. The van der Waals surface area contributed by atoms with Gasteiger partial charge in [0.2, 0.25) is 10.0 Å². The number of sulfonamides is 1. The number of anilines is 1. The number of methoxy groups -OCH3 is 1. The van der Waals surface area contributed by atoms with Crippen molar-refractivity contribution in [1.29, 1.82) is 0 Å². The number of hydrogen-bond donors (Lipinski definition) is 0. The smallest absolute Gasteiger partial charge is 0.243 e. The average Bonchev–Trinajstić information content (AvgIpc) is 3.38. The standard InChI is InChI=1S/C29H26FN5O3S/c1-38-24-12-10-23(11-13-24)35-19-26(21-6-3-2-4-7-21)27-28(31-20-32-29(27)35)33-14-16-34(17-15-33)39(36,37)25-9-5-8-22(30)18-25/h2-13,18-20H,14-17H2,1H3. The molecule has 10 heteroatoms. The summed E-state index contributed by atoms with van der Waals surface area (Å²) in [6.07, 6.45) is 3.60. The normalized spacial score (nSPS) is 14.6. The Kier molecular flexibility index (Phi) is 6.49. The van der Waals surface area contributed by atoms with Gasteiger partial charge in [-0.25, -0.2) is 22.8 Å². The Labute approximate surface area is 226 Å². The highest BCUT2D eigenvalue weighted by Crippen LogP contribution is 2.37. The second kappa shape index (κ2) is 10.1. The fourth-order valence-electron chi connectivity index (χ4n) is 4.98. The Morgan fingerprint density at radius 3 is 2.31 bits per heavy atom. The highest BCUT2D eigenvalue weighted by atomic mass is 32.2. The molecule has 0 bridgehead atoms. The van der Waals surface area contributed by atoms with Gasteiger partial charge in [0.25, 0.3) is 0 Å². The molecular formula is C29H26FN5O3S. The molecule has 5 aromatic rings. The summed E-state index contributed by atoms with van der Waals surface area (Å²) in [6.45, 7) is 1.37. The summed E-state index contributed by atoms with van der Waals surface area (Å²) in [5.41, 5.74) is 3.68. The van der Waals surface area contributed by atoms with Crippen LogP contribution in [-0.4, -0.2) is 60.5 Å². The molecule has 0 amide bonds. The zero-order valence-corrected chi connectivity index (χ0v) is 22.1. The molecule has 39 heavy (non-hydrogen) atoms. The maximum Gasteiger partial charge on any atom is 0.243 e. The summed E-state index contributed by atoms with van der Waals surface area (Å²) in [5.74, 6) is 0.932. The summed E-state index contributed by atoms with van der Waals surface area (Å²) in [5, 5.41) is 0.890. The van der Waals surface area contributed by atoms with Crippen molar-refractivity contribution in [2.75, 3.05) is 38.2 Å². The molecule has 6 rings (SSSR count). The number of halogens is 1. The van der Waals surface area contributed by atoms with Gasteiger partial charge in [-0.3, -0.25) is 0 Å². The van der Waals surface area contributed by atoms with E-state index in [0.29, 0.717) is 13.1 Å². The molecule has 3 heterocycles. The fraction of sp³-hybridized carbons (Fsp3) is 0.172. The van der Waals surface area contributed by atoms with Crippen LogP contribution in [0.4, 0.5) is 10.2 Å². The second-order valence-electron chi connectivity index (χ2n) is 9.22. The molecule has 1 aliphatic heterocycles. The molecule has 3 aromatic carbocycles. The van der Waals surface area contributed by atoms with Crippen LogP contribution < -0.4 is 9.64 Å². The second-order valence-corrected chi connectivity index (χ2v) is 11.2. The topological polar surface area (TPSA) is 80.6 Å². The molecule has 0 N–H and O–H groups in total. The first-order valence-corrected chi connectivity index (χ1v) is 14.0. The largest absolute Gasteiger partial charge is 0.497 e. The summed E-state index contributed by atoms with van der Waals surface area (Å²) in [6, 6.07) is 23.0. The Balaban J connectivity index is 1.38. The molecule has 0 radical (unpaired) electrons. The van der Waals surface area contributed by atoms with Crippen molar-refractivity contribution in [2.45, 2.75) is 4.90 Å². The minimum absolute atomic E-state index is 0.0386. The van der Waals surface area contributed by atoms with Crippen LogP contribution in [0, 0.1) is 5.82 Å². The number of rotatable bonds is 6. The Hall–Kier alpha value is -4.28. The summed E-state index contributed by atoms with van der Waals surface area (Å²) in [4.78, 5) is 11.4. The third-order valence-corrected chi connectivity index (χ3v) is 8.87. The maximum atomic E-state index is 13.7. The van der Waals surface area contributed by atoms with Gasteiger partial charge >= 0.3 is 0 Å². The number of ether oxygens (including phenoxy) is 1. The fourth-order valence-corrected chi connectivity index (χ4v) is 6.43. The molecule has 0 unspecified atom stereocenters. The highest BCUT2D eigenvalue weighted by molar-refractivity contribution is 7.89. The number of nitrogens with zero attached hydrogens (tertiary/aromatic N) is 5. The van der Waals surface area contributed by atoms with E-state index in [2.05, 4.69) is 21.1 Å². The third kappa shape index (κ3) is 4.62. The van der Waals surface area contributed by atoms with Gasteiger partial charge in [-0.15, -0.1) is 0 Å². The van der Waals surface area contributed by atoms with E-state index in [1.165, 1.54) is 22.5 Å². The number of piperazine rings is 1. The Bertz CT molecular complexity index is 1730. The zero-order valence-electron chi connectivity index (χ0n) is 21.2. The zero-order chi connectivity index (χ0) is 27.0. The van der Waals surface area contributed by atoms with E-state index in [4.69, 9.17) is 4.74 Å². The first-order chi connectivity index (χ1) is 19.0. The predicted molar refractivity (Wildman–Crippen MR) is 148 cm³/mol. The van der Waals surface area contributed by atoms with Gasteiger partial charge in [-0.1, -0.05) is 36.4 Å². The van der Waals surface area contributed by atoms with Crippen LogP contribution in [0.2, 0.25) is 0 Å². The van der Waals surface area contributed by atoms with E-state index in [0.717, 1.165) is 45.5 Å². The van der Waals surface area contributed by atoms with Crippen molar-refractivity contribution >= 4 is 26.9 Å². The van der Waals surface area contributed by atoms with Crippen LogP contribution in [-0.2, 0) is 10.0 Å². The molecule has 0 aliphatic carbocycles. The van der Waals surface area contributed by atoms with Crippen molar-refractivity contribution < 1.29 is 17.5 Å². The maximum absolute atomic E-state index is 13.7. The van der Waals surface area contributed by atoms with Crippen molar-refractivity contribution in [3.63, 3.8) is 0 Å². The van der Waals surface area contributed by atoms with Crippen molar-refractivity contribution in [2.24, 2.45) is 0 Å². The molecular weight excluding hydrogens is 517 g/mol. The Morgan fingerprint density at radius 2 is 1.62 bits per heavy atom. The predicted octanol–water partition coefficient (Wildman–Crippen LogP) is 4.75. The monoisotopic (exact) mass is 543 g/mol. The molecule has 1 saturated heterocycles. The van der Waals surface area contributed by atoms with Crippen LogP contribution in [0.5, 0.6) is 5.75 Å². The number of hydrogen-bond acceptors (Lipinski definition) is 6. The van der Waals surface area contributed by atoms with Crippen LogP contribution in [0.3, 0.4) is 0 Å². The summed E-state index contributed by atoms with van der Waals surface area (Å²) >= 11 is 0.